The summed E-state index contributed by atoms with van der Waals surface area (Å²) in [6.45, 7) is 0. The molecule has 1 heterocycles. The minimum atomic E-state index is -0.792. The molecule has 6 heteroatoms. The molecule has 0 unspecified atom stereocenters. The smallest absolute Gasteiger partial charge is 0.253 e. The van der Waals surface area contributed by atoms with Crippen LogP contribution in [0.1, 0.15) is 15.9 Å². The van der Waals surface area contributed by atoms with Crippen LogP contribution in [0.15, 0.2) is 65.3 Å². The number of primary amides is 1. The molecule has 25 heavy (non-hydrogen) atoms. The number of benzene rings is 2. The van der Waals surface area contributed by atoms with Gasteiger partial charge in [0.05, 0.1) is 11.1 Å². The molecule has 3 aromatic rings. The number of fused-ring (bicyclic) bond motifs is 1. The summed E-state index contributed by atoms with van der Waals surface area (Å²) in [5.74, 6) is -0.954. The van der Waals surface area contributed by atoms with Crippen LogP contribution in [0.5, 0.6) is 0 Å². The van der Waals surface area contributed by atoms with Crippen molar-refractivity contribution in [3.05, 3.63) is 76.4 Å². The van der Waals surface area contributed by atoms with Gasteiger partial charge in [0.15, 0.2) is 0 Å². The van der Waals surface area contributed by atoms with E-state index in [1.54, 1.807) is 6.07 Å². The van der Waals surface area contributed by atoms with Gasteiger partial charge in [-0.3, -0.25) is 14.6 Å². The van der Waals surface area contributed by atoms with Crippen LogP contribution in [0.25, 0.3) is 10.9 Å². The Balaban J connectivity index is 1.77. The van der Waals surface area contributed by atoms with E-state index in [0.717, 1.165) is 20.9 Å². The van der Waals surface area contributed by atoms with Gasteiger partial charge in [0.1, 0.15) is 6.04 Å². The number of nitrogens with zero attached hydrogens (tertiary/aromatic N) is 1. The molecular weight excluding hydrogens is 382 g/mol. The van der Waals surface area contributed by atoms with E-state index < -0.39 is 11.9 Å². The number of nitrogens with one attached hydrogen (secondary N) is 1. The molecular formula is C19H16BrN3O2. The van der Waals surface area contributed by atoms with Crippen LogP contribution in [-0.2, 0) is 11.2 Å². The summed E-state index contributed by atoms with van der Waals surface area (Å²) in [6.07, 6.45) is 1.82. The zero-order chi connectivity index (χ0) is 17.8. The number of pyridine rings is 1. The molecule has 0 aliphatic heterocycles. The van der Waals surface area contributed by atoms with Crippen molar-refractivity contribution in [2.75, 3.05) is 0 Å². The van der Waals surface area contributed by atoms with Gasteiger partial charge in [0, 0.05) is 22.5 Å². The molecule has 1 atom stereocenters. The number of nitrogens with two attached hydrogens (primary N) is 1. The summed E-state index contributed by atoms with van der Waals surface area (Å²) >= 11 is 3.36. The lowest BCUT2D eigenvalue weighted by Gasteiger charge is -2.16. The van der Waals surface area contributed by atoms with Crippen molar-refractivity contribution in [3.63, 3.8) is 0 Å². The Bertz CT molecular complexity index is 925. The molecule has 5 nitrogen and oxygen atoms in total. The van der Waals surface area contributed by atoms with Crippen molar-refractivity contribution in [3.8, 4) is 0 Å². The number of halogens is 1. The molecule has 3 N–H and O–H groups in total. The number of hydrogen-bond acceptors (Lipinski definition) is 3. The van der Waals surface area contributed by atoms with Crippen LogP contribution in [0, 0.1) is 0 Å². The average Bonchev–Trinajstić information content (AvgIpc) is 2.62. The molecule has 0 spiro atoms. The first-order chi connectivity index (χ1) is 12.0. The Morgan fingerprint density at radius 2 is 1.84 bits per heavy atom. The normalized spacial score (nSPS) is 11.9. The van der Waals surface area contributed by atoms with E-state index in [0.29, 0.717) is 12.0 Å². The lowest BCUT2D eigenvalue weighted by Crippen LogP contribution is -2.45. The van der Waals surface area contributed by atoms with Crippen molar-refractivity contribution in [2.45, 2.75) is 12.5 Å². The van der Waals surface area contributed by atoms with Crippen molar-refractivity contribution in [2.24, 2.45) is 5.73 Å². The van der Waals surface area contributed by atoms with Crippen molar-refractivity contribution >= 4 is 38.6 Å². The Morgan fingerprint density at radius 1 is 1.12 bits per heavy atom. The third-order valence-electron chi connectivity index (χ3n) is 3.85. The molecule has 1 aromatic heterocycles. The zero-order valence-corrected chi connectivity index (χ0v) is 14.9. The fourth-order valence-corrected chi connectivity index (χ4v) is 2.78. The van der Waals surface area contributed by atoms with Gasteiger partial charge in [-0.15, -0.1) is 0 Å². The maximum absolute atomic E-state index is 12.5. The van der Waals surface area contributed by atoms with E-state index in [-0.39, 0.29) is 5.91 Å². The molecule has 0 saturated carbocycles. The Kier molecular flexibility index (Phi) is 5.09. The first-order valence-corrected chi connectivity index (χ1v) is 8.51. The van der Waals surface area contributed by atoms with Gasteiger partial charge in [-0.05, 0) is 29.8 Å². The van der Waals surface area contributed by atoms with Crippen molar-refractivity contribution in [1.82, 2.24) is 10.3 Å². The standard InChI is InChI=1S/C19H16BrN3O2/c20-15-7-5-12(6-8-15)9-17(18(21)24)23-19(25)14-10-13-3-1-2-4-16(13)22-11-14/h1-8,10-11,17H,9H2,(H2,21,24)(H,23,25)/t17-/m1/s1. The van der Waals surface area contributed by atoms with Crippen LogP contribution >= 0.6 is 15.9 Å². The topological polar surface area (TPSA) is 85.1 Å². The summed E-state index contributed by atoms with van der Waals surface area (Å²) in [6, 6.07) is 16.0. The quantitative estimate of drug-likeness (QED) is 0.693. The predicted octanol–water partition coefficient (Wildman–Crippen LogP) is 2.82. The molecule has 0 fully saturated rings. The van der Waals surface area contributed by atoms with Gasteiger partial charge >= 0.3 is 0 Å². The molecule has 126 valence electrons. The molecule has 0 radical (unpaired) electrons. The largest absolute Gasteiger partial charge is 0.368 e. The number of carbonyl (C=O) groups excluding carboxylic acids is 2. The third-order valence-corrected chi connectivity index (χ3v) is 4.38. The summed E-state index contributed by atoms with van der Waals surface area (Å²) in [5, 5.41) is 3.56. The van der Waals surface area contributed by atoms with Crippen LogP contribution in [-0.4, -0.2) is 22.8 Å². The van der Waals surface area contributed by atoms with Gasteiger partial charge in [0.25, 0.3) is 5.91 Å². The first-order valence-electron chi connectivity index (χ1n) is 7.72. The van der Waals surface area contributed by atoms with Crippen molar-refractivity contribution in [1.29, 1.82) is 0 Å². The van der Waals surface area contributed by atoms with E-state index >= 15 is 0 Å². The highest BCUT2D eigenvalue weighted by molar-refractivity contribution is 9.10. The SMILES string of the molecule is NC(=O)[C@@H](Cc1ccc(Br)cc1)NC(=O)c1cnc2ccccc2c1. The first kappa shape index (κ1) is 17.1. The highest BCUT2D eigenvalue weighted by Gasteiger charge is 2.20. The number of para-hydroxylation sites is 1. The van der Waals surface area contributed by atoms with Gasteiger partial charge in [-0.25, -0.2) is 0 Å². The fraction of sp³-hybridized carbons (Fsp3) is 0.105. The minimum Gasteiger partial charge on any atom is -0.368 e. The Hall–Kier alpha value is -2.73. The van der Waals surface area contributed by atoms with Crippen LogP contribution in [0.4, 0.5) is 0 Å². The summed E-state index contributed by atoms with van der Waals surface area (Å²) < 4.78 is 0.943. The van der Waals surface area contributed by atoms with E-state index in [4.69, 9.17) is 5.73 Å². The third kappa shape index (κ3) is 4.22. The fourth-order valence-electron chi connectivity index (χ4n) is 2.52. The van der Waals surface area contributed by atoms with E-state index in [9.17, 15) is 9.59 Å². The van der Waals surface area contributed by atoms with Gasteiger partial charge < -0.3 is 11.1 Å². The van der Waals surface area contributed by atoms with Crippen molar-refractivity contribution < 1.29 is 9.59 Å². The van der Waals surface area contributed by atoms with Gasteiger partial charge in [-0.1, -0.05) is 46.3 Å². The predicted molar refractivity (Wildman–Crippen MR) is 100 cm³/mol. The molecule has 0 aliphatic carbocycles. The molecule has 0 bridgehead atoms. The maximum atomic E-state index is 12.5. The number of carbonyl (C=O) groups is 2. The zero-order valence-electron chi connectivity index (χ0n) is 13.3. The number of hydrogen-bond donors (Lipinski definition) is 2. The summed E-state index contributed by atoms with van der Waals surface area (Å²) in [5.41, 5.74) is 7.55. The monoisotopic (exact) mass is 397 g/mol. The lowest BCUT2D eigenvalue weighted by molar-refractivity contribution is -0.119. The Morgan fingerprint density at radius 3 is 2.56 bits per heavy atom. The van der Waals surface area contributed by atoms with Crippen LogP contribution in [0.3, 0.4) is 0 Å². The lowest BCUT2D eigenvalue weighted by atomic mass is 10.0. The molecule has 2 aromatic carbocycles. The highest BCUT2D eigenvalue weighted by Crippen LogP contribution is 2.14. The highest BCUT2D eigenvalue weighted by atomic mass is 79.9. The second kappa shape index (κ2) is 7.44. The van der Waals surface area contributed by atoms with E-state index in [1.807, 2.05) is 48.5 Å². The molecule has 0 saturated heterocycles. The van der Waals surface area contributed by atoms with Crippen LogP contribution < -0.4 is 11.1 Å². The maximum Gasteiger partial charge on any atom is 0.253 e. The molecule has 2 amide bonds. The Labute approximate surface area is 153 Å². The second-order valence-corrected chi connectivity index (χ2v) is 6.59. The summed E-state index contributed by atoms with van der Waals surface area (Å²) in [4.78, 5) is 28.5. The summed E-state index contributed by atoms with van der Waals surface area (Å²) in [7, 11) is 0. The van der Waals surface area contributed by atoms with E-state index in [2.05, 4.69) is 26.2 Å². The minimum absolute atomic E-state index is 0.329. The van der Waals surface area contributed by atoms with E-state index in [1.165, 1.54) is 6.20 Å². The van der Waals surface area contributed by atoms with Gasteiger partial charge in [0.2, 0.25) is 5.91 Å². The second-order valence-electron chi connectivity index (χ2n) is 5.68. The molecule has 3 rings (SSSR count). The van der Waals surface area contributed by atoms with Gasteiger partial charge in [-0.2, -0.15) is 0 Å². The number of aromatic nitrogens is 1. The number of rotatable bonds is 5. The van der Waals surface area contributed by atoms with Crippen LogP contribution in [0.2, 0.25) is 0 Å². The number of amides is 2. The average molecular weight is 398 g/mol. The molecule has 0 aliphatic rings.